The first kappa shape index (κ1) is 13.1. The summed E-state index contributed by atoms with van der Waals surface area (Å²) in [5.41, 5.74) is 1.83. The fourth-order valence-corrected chi connectivity index (χ4v) is 3.41. The Hall–Kier alpha value is -0.380. The molecule has 1 unspecified atom stereocenters. The molecule has 0 heterocycles. The molecule has 2 nitrogen and oxygen atoms in total. The van der Waals surface area contributed by atoms with Crippen molar-refractivity contribution in [2.75, 3.05) is 27.7 Å². The first-order valence-electron chi connectivity index (χ1n) is 6.16. The van der Waals surface area contributed by atoms with Gasteiger partial charge in [-0.1, -0.05) is 34.1 Å². The first-order chi connectivity index (χ1) is 8.10. The van der Waals surface area contributed by atoms with Crippen molar-refractivity contribution >= 4 is 15.9 Å². The third-order valence-electron chi connectivity index (χ3n) is 3.72. The average Bonchev–Trinajstić information content (AvgIpc) is 3.02. The number of nitrogens with zero attached hydrogens (tertiary/aromatic N) is 1. The number of rotatable bonds is 5. The van der Waals surface area contributed by atoms with Crippen molar-refractivity contribution < 1.29 is 0 Å². The summed E-state index contributed by atoms with van der Waals surface area (Å²) in [7, 11) is 6.41. The van der Waals surface area contributed by atoms with Gasteiger partial charge in [-0.3, -0.25) is 0 Å². The highest BCUT2D eigenvalue weighted by atomic mass is 79.9. The summed E-state index contributed by atoms with van der Waals surface area (Å²) >= 11 is 3.69. The Balaban J connectivity index is 2.34. The third-order valence-corrected chi connectivity index (χ3v) is 4.44. The molecule has 0 amide bonds. The second kappa shape index (κ2) is 5.09. The zero-order valence-electron chi connectivity index (χ0n) is 10.8. The molecule has 0 aliphatic heterocycles. The quantitative estimate of drug-likeness (QED) is 0.898. The summed E-state index contributed by atoms with van der Waals surface area (Å²) in [6, 6.07) is 9.08. The molecule has 1 aliphatic carbocycles. The van der Waals surface area contributed by atoms with Crippen LogP contribution in [0.15, 0.2) is 28.7 Å². The van der Waals surface area contributed by atoms with Crippen LogP contribution >= 0.6 is 15.9 Å². The number of nitrogens with one attached hydrogen (secondary N) is 1. The molecule has 1 saturated carbocycles. The summed E-state index contributed by atoms with van der Waals surface area (Å²) in [5, 5.41) is 3.35. The molecule has 17 heavy (non-hydrogen) atoms. The van der Waals surface area contributed by atoms with Gasteiger partial charge >= 0.3 is 0 Å². The first-order valence-corrected chi connectivity index (χ1v) is 6.95. The smallest absolute Gasteiger partial charge is 0.0421 e. The SMILES string of the molecule is CNCC1(C(c2ccccc2Br)N(C)C)CC1. The Morgan fingerprint density at radius 1 is 1.35 bits per heavy atom. The minimum atomic E-state index is 0.419. The fraction of sp³-hybridized carbons (Fsp3) is 0.571. The van der Waals surface area contributed by atoms with E-state index in [1.807, 2.05) is 7.05 Å². The summed E-state index contributed by atoms with van der Waals surface area (Å²) in [4.78, 5) is 2.35. The molecule has 1 atom stereocenters. The molecule has 1 aromatic carbocycles. The Morgan fingerprint density at radius 3 is 2.47 bits per heavy atom. The second-order valence-electron chi connectivity index (χ2n) is 5.28. The van der Waals surface area contributed by atoms with Crippen LogP contribution in [0.1, 0.15) is 24.4 Å². The largest absolute Gasteiger partial charge is 0.319 e. The van der Waals surface area contributed by atoms with E-state index in [9.17, 15) is 0 Å². The topological polar surface area (TPSA) is 15.3 Å². The number of benzene rings is 1. The van der Waals surface area contributed by atoms with Gasteiger partial charge in [0.05, 0.1) is 0 Å². The summed E-state index contributed by atoms with van der Waals surface area (Å²) in [6.07, 6.45) is 2.63. The van der Waals surface area contributed by atoms with Gasteiger partial charge in [-0.2, -0.15) is 0 Å². The van der Waals surface area contributed by atoms with E-state index in [0.29, 0.717) is 11.5 Å². The zero-order chi connectivity index (χ0) is 12.5. The molecular formula is C14H21BrN2. The van der Waals surface area contributed by atoms with E-state index < -0.39 is 0 Å². The maximum absolute atomic E-state index is 3.69. The van der Waals surface area contributed by atoms with Gasteiger partial charge in [0.15, 0.2) is 0 Å². The van der Waals surface area contributed by atoms with E-state index in [1.165, 1.54) is 22.9 Å². The van der Waals surface area contributed by atoms with E-state index >= 15 is 0 Å². The van der Waals surface area contributed by atoms with E-state index in [0.717, 1.165) is 6.54 Å². The van der Waals surface area contributed by atoms with Gasteiger partial charge in [-0.15, -0.1) is 0 Å². The van der Waals surface area contributed by atoms with Crippen molar-refractivity contribution in [1.82, 2.24) is 10.2 Å². The predicted octanol–water partition coefficient (Wildman–Crippen LogP) is 3.05. The van der Waals surface area contributed by atoms with Crippen molar-refractivity contribution in [1.29, 1.82) is 0 Å². The predicted molar refractivity (Wildman–Crippen MR) is 76.2 cm³/mol. The van der Waals surface area contributed by atoms with Crippen LogP contribution < -0.4 is 5.32 Å². The van der Waals surface area contributed by atoms with E-state index in [-0.39, 0.29) is 0 Å². The molecule has 3 heteroatoms. The lowest BCUT2D eigenvalue weighted by Gasteiger charge is -2.33. The Kier molecular flexibility index (Phi) is 3.91. The van der Waals surface area contributed by atoms with Gasteiger partial charge in [-0.05, 0) is 45.6 Å². The molecule has 0 spiro atoms. The fourth-order valence-electron chi connectivity index (χ4n) is 2.91. The molecular weight excluding hydrogens is 276 g/mol. The van der Waals surface area contributed by atoms with Gasteiger partial charge in [0.1, 0.15) is 0 Å². The van der Waals surface area contributed by atoms with Crippen molar-refractivity contribution in [2.24, 2.45) is 5.41 Å². The summed E-state index contributed by atoms with van der Waals surface area (Å²) in [6.45, 7) is 1.09. The second-order valence-corrected chi connectivity index (χ2v) is 6.13. The normalized spacial score (nSPS) is 19.4. The van der Waals surface area contributed by atoms with Crippen LogP contribution in [-0.2, 0) is 0 Å². The van der Waals surface area contributed by atoms with Crippen LogP contribution in [0.4, 0.5) is 0 Å². The number of hydrogen-bond acceptors (Lipinski definition) is 2. The van der Waals surface area contributed by atoms with Gasteiger partial charge in [0.2, 0.25) is 0 Å². The monoisotopic (exact) mass is 296 g/mol. The third kappa shape index (κ3) is 2.56. The van der Waals surface area contributed by atoms with Crippen LogP contribution in [-0.4, -0.2) is 32.6 Å². The minimum absolute atomic E-state index is 0.419. The minimum Gasteiger partial charge on any atom is -0.319 e. The highest BCUT2D eigenvalue weighted by Crippen LogP contribution is 2.57. The summed E-state index contributed by atoms with van der Waals surface area (Å²) in [5.74, 6) is 0. The Bertz CT molecular complexity index is 386. The molecule has 0 bridgehead atoms. The number of halogens is 1. The molecule has 1 aromatic rings. The van der Waals surface area contributed by atoms with Crippen molar-refractivity contribution in [2.45, 2.75) is 18.9 Å². The van der Waals surface area contributed by atoms with Gasteiger partial charge in [0.25, 0.3) is 0 Å². The lowest BCUT2D eigenvalue weighted by Crippen LogP contribution is -2.34. The molecule has 1 N–H and O–H groups in total. The molecule has 0 radical (unpaired) electrons. The van der Waals surface area contributed by atoms with Crippen LogP contribution in [0.3, 0.4) is 0 Å². The molecule has 0 aromatic heterocycles. The van der Waals surface area contributed by atoms with Crippen LogP contribution in [0.5, 0.6) is 0 Å². The molecule has 2 rings (SSSR count). The highest BCUT2D eigenvalue weighted by Gasteiger charge is 2.50. The maximum Gasteiger partial charge on any atom is 0.0421 e. The Morgan fingerprint density at radius 2 is 2.00 bits per heavy atom. The van der Waals surface area contributed by atoms with Crippen molar-refractivity contribution in [3.05, 3.63) is 34.3 Å². The van der Waals surface area contributed by atoms with E-state index in [1.54, 1.807) is 0 Å². The van der Waals surface area contributed by atoms with E-state index in [4.69, 9.17) is 0 Å². The van der Waals surface area contributed by atoms with Crippen molar-refractivity contribution in [3.63, 3.8) is 0 Å². The Labute approximate surface area is 113 Å². The molecule has 1 aliphatic rings. The van der Waals surface area contributed by atoms with Crippen LogP contribution in [0.25, 0.3) is 0 Å². The molecule has 1 fully saturated rings. The van der Waals surface area contributed by atoms with Gasteiger partial charge < -0.3 is 10.2 Å². The van der Waals surface area contributed by atoms with E-state index in [2.05, 4.69) is 64.5 Å². The lowest BCUT2D eigenvalue weighted by atomic mass is 9.89. The average molecular weight is 297 g/mol. The van der Waals surface area contributed by atoms with Gasteiger partial charge in [0, 0.05) is 22.5 Å². The highest BCUT2D eigenvalue weighted by molar-refractivity contribution is 9.10. The number of hydrogen-bond donors (Lipinski definition) is 1. The molecule has 94 valence electrons. The van der Waals surface area contributed by atoms with Crippen LogP contribution in [0.2, 0.25) is 0 Å². The van der Waals surface area contributed by atoms with Crippen LogP contribution in [0, 0.1) is 5.41 Å². The van der Waals surface area contributed by atoms with Crippen molar-refractivity contribution in [3.8, 4) is 0 Å². The maximum atomic E-state index is 3.69. The molecule has 0 saturated heterocycles. The standard InChI is InChI=1S/C14H21BrN2/c1-16-10-14(8-9-14)13(17(2)3)11-6-4-5-7-12(11)15/h4-7,13,16H,8-10H2,1-3H3. The van der Waals surface area contributed by atoms with Gasteiger partial charge in [-0.25, -0.2) is 0 Å². The summed E-state index contributed by atoms with van der Waals surface area (Å²) < 4.78 is 1.22. The zero-order valence-corrected chi connectivity index (χ0v) is 12.4. The lowest BCUT2D eigenvalue weighted by molar-refractivity contribution is 0.191.